The number of hydrogen-bond acceptors (Lipinski definition) is 4. The number of β-amino-alcohol motifs (C(OH)–C–C–N with tert-alkyl or cyclic N) is 1. The molecule has 1 fully saturated rings. The van der Waals surface area contributed by atoms with Gasteiger partial charge in [0, 0.05) is 46.8 Å². The van der Waals surface area contributed by atoms with E-state index in [4.69, 9.17) is 11.6 Å². The van der Waals surface area contributed by atoms with E-state index in [1.165, 1.54) is 0 Å². The van der Waals surface area contributed by atoms with Crippen molar-refractivity contribution in [2.24, 2.45) is 0 Å². The highest BCUT2D eigenvalue weighted by Gasteiger charge is 2.28. The maximum absolute atomic E-state index is 11.8. The number of carbonyl (C=O) groups excluding carboxylic acids is 1. The molecular formula is C15H15ClN2O2S. The van der Waals surface area contributed by atoms with Gasteiger partial charge in [-0.25, -0.2) is 0 Å². The van der Waals surface area contributed by atoms with Crippen molar-refractivity contribution < 1.29 is 9.90 Å². The van der Waals surface area contributed by atoms with E-state index in [0.717, 1.165) is 15.8 Å². The fraction of sp³-hybridized carbons (Fsp3) is 0.333. The van der Waals surface area contributed by atoms with E-state index in [2.05, 4.69) is 4.98 Å². The Bertz CT molecular complexity index is 674. The van der Waals surface area contributed by atoms with Crippen LogP contribution in [0.15, 0.2) is 35.4 Å². The molecule has 0 radical (unpaired) electrons. The van der Waals surface area contributed by atoms with E-state index in [1.807, 2.05) is 24.3 Å². The van der Waals surface area contributed by atoms with Gasteiger partial charge in [-0.05, 0) is 18.2 Å². The summed E-state index contributed by atoms with van der Waals surface area (Å²) >= 11 is 7.61. The van der Waals surface area contributed by atoms with Crippen molar-refractivity contribution in [2.75, 3.05) is 18.8 Å². The van der Waals surface area contributed by atoms with Crippen molar-refractivity contribution in [1.82, 2.24) is 9.88 Å². The summed E-state index contributed by atoms with van der Waals surface area (Å²) in [5.41, 5.74) is 0.865. The lowest BCUT2D eigenvalue weighted by molar-refractivity contribution is -0.140. The number of likely N-dealkylation sites (tertiary alicyclic amines) is 1. The first-order valence-electron chi connectivity index (χ1n) is 6.76. The molecule has 0 spiro atoms. The second-order valence-electron chi connectivity index (χ2n) is 5.02. The Kier molecular flexibility index (Phi) is 4.33. The molecule has 3 rings (SSSR count). The Hall–Kier alpha value is -1.30. The van der Waals surface area contributed by atoms with Gasteiger partial charge in [0.15, 0.2) is 0 Å². The zero-order valence-corrected chi connectivity index (χ0v) is 12.9. The molecule has 4 nitrogen and oxygen atoms in total. The molecule has 110 valence electrons. The third-order valence-corrected chi connectivity index (χ3v) is 4.76. The molecule has 6 heteroatoms. The largest absolute Gasteiger partial charge is 0.389 e. The van der Waals surface area contributed by atoms with E-state index in [0.29, 0.717) is 30.3 Å². The first-order valence-corrected chi connectivity index (χ1v) is 8.13. The van der Waals surface area contributed by atoms with Crippen molar-refractivity contribution in [3.05, 3.63) is 35.5 Å². The minimum atomic E-state index is -0.338. The van der Waals surface area contributed by atoms with Crippen LogP contribution in [0.5, 0.6) is 0 Å². The lowest BCUT2D eigenvalue weighted by atomic mass is 10.1. The molecule has 1 aliphatic heterocycles. The van der Waals surface area contributed by atoms with Gasteiger partial charge >= 0.3 is 0 Å². The summed E-state index contributed by atoms with van der Waals surface area (Å²) in [6.07, 6.45) is 1.90. The number of aromatic nitrogens is 1. The number of aliphatic hydroxyl groups excluding tert-OH is 1. The zero-order chi connectivity index (χ0) is 14.8. The third kappa shape index (κ3) is 3.31. The van der Waals surface area contributed by atoms with Crippen LogP contribution < -0.4 is 0 Å². The van der Waals surface area contributed by atoms with Crippen molar-refractivity contribution in [2.45, 2.75) is 17.4 Å². The summed E-state index contributed by atoms with van der Waals surface area (Å²) in [6, 6.07) is 7.61. The van der Waals surface area contributed by atoms with Crippen molar-refractivity contribution in [3.8, 4) is 0 Å². The summed E-state index contributed by atoms with van der Waals surface area (Å²) in [5.74, 6) is 0.821. The van der Waals surface area contributed by atoms with Gasteiger partial charge in [-0.2, -0.15) is 0 Å². The molecule has 21 heavy (non-hydrogen) atoms. The summed E-state index contributed by atoms with van der Waals surface area (Å²) in [4.78, 5) is 18.9. The number of hydrogen-bond donors (Lipinski definition) is 1. The first-order chi connectivity index (χ1) is 10.1. The van der Waals surface area contributed by atoms with E-state index in [1.54, 1.807) is 22.9 Å². The van der Waals surface area contributed by atoms with Gasteiger partial charge in [-0.15, -0.1) is 11.8 Å². The fourth-order valence-corrected chi connectivity index (χ4v) is 3.43. The highest BCUT2D eigenvalue weighted by molar-refractivity contribution is 7.99. The van der Waals surface area contributed by atoms with E-state index >= 15 is 0 Å². The molecule has 0 aliphatic carbocycles. The van der Waals surface area contributed by atoms with Gasteiger partial charge in [0.25, 0.3) is 0 Å². The molecule has 0 bridgehead atoms. The van der Waals surface area contributed by atoms with Gasteiger partial charge in [0.1, 0.15) is 0 Å². The van der Waals surface area contributed by atoms with Gasteiger partial charge in [-0.1, -0.05) is 17.7 Å². The van der Waals surface area contributed by atoms with Crippen molar-refractivity contribution in [3.63, 3.8) is 0 Å². The van der Waals surface area contributed by atoms with Crippen LogP contribution in [0.4, 0.5) is 0 Å². The Balaban J connectivity index is 1.62. The number of aliphatic hydroxyl groups is 1. The molecule has 0 saturated carbocycles. The molecule has 1 aliphatic rings. The van der Waals surface area contributed by atoms with Gasteiger partial charge in [0.2, 0.25) is 5.91 Å². The minimum absolute atomic E-state index is 0.106. The Labute approximate surface area is 132 Å². The second-order valence-corrected chi connectivity index (χ2v) is 6.59. The van der Waals surface area contributed by atoms with Gasteiger partial charge < -0.3 is 10.0 Å². The number of pyridine rings is 1. The first kappa shape index (κ1) is 14.6. The second kappa shape index (κ2) is 6.22. The summed E-state index contributed by atoms with van der Waals surface area (Å²) in [5, 5.41) is 10.9. The monoisotopic (exact) mass is 322 g/mol. The van der Waals surface area contributed by atoms with E-state index < -0.39 is 0 Å². The molecule has 1 saturated heterocycles. The smallest absolute Gasteiger partial charge is 0.223 e. The predicted molar refractivity (Wildman–Crippen MR) is 84.7 cm³/mol. The zero-order valence-electron chi connectivity index (χ0n) is 11.3. The molecule has 1 aromatic heterocycles. The van der Waals surface area contributed by atoms with Gasteiger partial charge in [-0.3, -0.25) is 9.78 Å². The van der Waals surface area contributed by atoms with E-state index in [9.17, 15) is 9.90 Å². The molecule has 0 unspecified atom stereocenters. The molecule has 1 aromatic carbocycles. The van der Waals surface area contributed by atoms with Crippen LogP contribution >= 0.6 is 23.4 Å². The van der Waals surface area contributed by atoms with Crippen molar-refractivity contribution >= 4 is 40.2 Å². The molecule has 0 atom stereocenters. The summed E-state index contributed by atoms with van der Waals surface area (Å²) < 4.78 is 0. The number of thioether (sulfide) groups is 1. The average Bonchev–Trinajstić information content (AvgIpc) is 2.43. The van der Waals surface area contributed by atoms with E-state index in [-0.39, 0.29) is 12.0 Å². The number of nitrogens with zero attached hydrogens (tertiary/aromatic N) is 2. The highest BCUT2D eigenvalue weighted by atomic mass is 35.5. The number of halogens is 1. The van der Waals surface area contributed by atoms with Crippen LogP contribution in [0, 0.1) is 0 Å². The minimum Gasteiger partial charge on any atom is -0.389 e. The Morgan fingerprint density at radius 1 is 1.43 bits per heavy atom. The normalized spacial score (nSPS) is 15.2. The number of fused-ring (bicyclic) bond motifs is 1. The third-order valence-electron chi connectivity index (χ3n) is 3.45. The number of carbonyl (C=O) groups is 1. The van der Waals surface area contributed by atoms with Crippen LogP contribution in [0.25, 0.3) is 10.9 Å². The lowest BCUT2D eigenvalue weighted by Gasteiger charge is -2.35. The quantitative estimate of drug-likeness (QED) is 0.879. The molecule has 1 N–H and O–H groups in total. The Morgan fingerprint density at radius 2 is 2.24 bits per heavy atom. The average molecular weight is 323 g/mol. The van der Waals surface area contributed by atoms with Crippen LogP contribution in [0.2, 0.25) is 5.02 Å². The summed E-state index contributed by atoms with van der Waals surface area (Å²) in [6.45, 7) is 0.945. The fourth-order valence-electron chi connectivity index (χ4n) is 2.29. The SMILES string of the molecule is O=C(CCSc1ccnc2cc(Cl)ccc12)N1CC(O)C1. The molecule has 2 heterocycles. The van der Waals surface area contributed by atoms with Crippen LogP contribution in [-0.2, 0) is 4.79 Å². The standard InChI is InChI=1S/C15H15ClN2O2S/c16-10-1-2-12-13(7-10)17-5-3-14(12)21-6-4-15(20)18-8-11(19)9-18/h1-3,5,7,11,19H,4,6,8-9H2. The van der Waals surface area contributed by atoms with Crippen LogP contribution in [-0.4, -0.2) is 45.8 Å². The van der Waals surface area contributed by atoms with Crippen LogP contribution in [0.1, 0.15) is 6.42 Å². The maximum atomic E-state index is 11.8. The molecule has 2 aromatic rings. The molecule has 1 amide bonds. The lowest BCUT2D eigenvalue weighted by Crippen LogP contribution is -2.53. The number of rotatable bonds is 4. The van der Waals surface area contributed by atoms with Gasteiger partial charge in [0.05, 0.1) is 11.6 Å². The van der Waals surface area contributed by atoms with Crippen molar-refractivity contribution in [1.29, 1.82) is 0 Å². The Morgan fingerprint density at radius 3 is 3.00 bits per heavy atom. The predicted octanol–water partition coefficient (Wildman–Crippen LogP) is 2.57. The number of benzene rings is 1. The number of amides is 1. The summed E-state index contributed by atoms with van der Waals surface area (Å²) in [7, 11) is 0. The highest BCUT2D eigenvalue weighted by Crippen LogP contribution is 2.29. The van der Waals surface area contributed by atoms with Crippen LogP contribution in [0.3, 0.4) is 0 Å². The topological polar surface area (TPSA) is 53.4 Å². The molecular weight excluding hydrogens is 308 g/mol. The maximum Gasteiger partial charge on any atom is 0.223 e.